The fourth-order valence-corrected chi connectivity index (χ4v) is 2.16. The third-order valence-corrected chi connectivity index (χ3v) is 3.58. The maximum Gasteiger partial charge on any atom is 0.240 e. The minimum absolute atomic E-state index is 0.285. The van der Waals surface area contributed by atoms with Gasteiger partial charge in [0.1, 0.15) is 11.2 Å². The van der Waals surface area contributed by atoms with Gasteiger partial charge in [0, 0.05) is 5.56 Å². The normalized spacial score (nSPS) is 18.3. The lowest BCUT2D eigenvalue weighted by Gasteiger charge is -2.34. The molecule has 1 aliphatic rings. The highest BCUT2D eigenvalue weighted by atomic mass is 19.1. The van der Waals surface area contributed by atoms with E-state index in [2.05, 4.69) is 11.4 Å². The first kappa shape index (κ1) is 12.6. The van der Waals surface area contributed by atoms with Gasteiger partial charge in [0.2, 0.25) is 5.91 Å². The summed E-state index contributed by atoms with van der Waals surface area (Å²) in [5.41, 5.74) is -0.447. The van der Waals surface area contributed by atoms with Crippen LogP contribution in [0.15, 0.2) is 24.3 Å². The van der Waals surface area contributed by atoms with Crippen molar-refractivity contribution in [1.82, 2.24) is 5.32 Å². The fraction of sp³-hybridized carbons (Fsp3) is 0.429. The first-order valence-electron chi connectivity index (χ1n) is 6.06. The van der Waals surface area contributed by atoms with Crippen molar-refractivity contribution in [1.29, 1.82) is 5.26 Å². The van der Waals surface area contributed by atoms with Crippen LogP contribution in [-0.2, 0) is 4.79 Å². The van der Waals surface area contributed by atoms with Crippen molar-refractivity contribution in [3.05, 3.63) is 35.6 Å². The van der Waals surface area contributed by atoms with Crippen LogP contribution in [0.1, 0.15) is 37.8 Å². The molecule has 1 N–H and O–H groups in total. The molecule has 1 aromatic rings. The minimum Gasteiger partial charge on any atom is -0.348 e. The second kappa shape index (κ2) is 4.77. The molecular formula is C14H15FN2O. The smallest absolute Gasteiger partial charge is 0.240 e. The predicted octanol–water partition coefficient (Wildman–Crippen LogP) is 2.70. The van der Waals surface area contributed by atoms with Crippen molar-refractivity contribution in [3.8, 4) is 6.07 Å². The highest BCUT2D eigenvalue weighted by Crippen LogP contribution is 2.40. The quantitative estimate of drug-likeness (QED) is 0.891. The zero-order chi connectivity index (χ0) is 13.2. The highest BCUT2D eigenvalue weighted by molar-refractivity contribution is 5.86. The summed E-state index contributed by atoms with van der Waals surface area (Å²) in [6.45, 7) is 1.72. The molecule has 0 aliphatic heterocycles. The molecule has 1 saturated carbocycles. The molecule has 1 atom stereocenters. The van der Waals surface area contributed by atoms with E-state index < -0.39 is 11.5 Å². The Kier molecular flexibility index (Phi) is 3.33. The number of carbonyl (C=O) groups excluding carboxylic acids is 1. The first-order chi connectivity index (χ1) is 8.59. The molecule has 2 rings (SSSR count). The number of hydrogen-bond acceptors (Lipinski definition) is 2. The van der Waals surface area contributed by atoms with Crippen molar-refractivity contribution in [3.63, 3.8) is 0 Å². The van der Waals surface area contributed by atoms with Crippen LogP contribution in [0.5, 0.6) is 0 Å². The van der Waals surface area contributed by atoms with Crippen LogP contribution in [-0.4, -0.2) is 5.91 Å². The largest absolute Gasteiger partial charge is 0.348 e. The number of hydrogen-bond donors (Lipinski definition) is 1. The Morgan fingerprint density at radius 3 is 2.67 bits per heavy atom. The molecule has 0 aromatic heterocycles. The van der Waals surface area contributed by atoms with E-state index in [-0.39, 0.29) is 11.7 Å². The Morgan fingerprint density at radius 2 is 2.17 bits per heavy atom. The molecule has 0 spiro atoms. The van der Waals surface area contributed by atoms with Gasteiger partial charge in [-0.3, -0.25) is 4.79 Å². The van der Waals surface area contributed by atoms with Crippen molar-refractivity contribution in [2.75, 3.05) is 0 Å². The van der Waals surface area contributed by atoms with Gasteiger partial charge in [-0.25, -0.2) is 4.39 Å². The molecule has 18 heavy (non-hydrogen) atoms. The fourth-order valence-electron chi connectivity index (χ4n) is 2.16. The van der Waals surface area contributed by atoms with Crippen molar-refractivity contribution >= 4 is 5.91 Å². The van der Waals surface area contributed by atoms with Crippen molar-refractivity contribution in [2.45, 2.75) is 32.2 Å². The molecule has 3 nitrogen and oxygen atoms in total. The monoisotopic (exact) mass is 246 g/mol. The molecular weight excluding hydrogens is 231 g/mol. The standard InChI is InChI=1S/C14H15FN2O/c1-10(11-5-2-3-6-12(11)15)17-13(18)14(9-16)7-4-8-14/h2-3,5-6,10H,4,7-8H2,1H3,(H,17,18). The molecule has 0 bridgehead atoms. The number of carbonyl (C=O) groups is 1. The number of amides is 1. The van der Waals surface area contributed by atoms with Gasteiger partial charge in [-0.05, 0) is 32.3 Å². The lowest BCUT2D eigenvalue weighted by molar-refractivity contribution is -0.132. The Labute approximate surface area is 106 Å². The summed E-state index contributed by atoms with van der Waals surface area (Å²) in [5, 5.41) is 11.8. The summed E-state index contributed by atoms with van der Waals surface area (Å²) in [6, 6.07) is 7.99. The van der Waals surface area contributed by atoms with E-state index >= 15 is 0 Å². The second-order valence-electron chi connectivity index (χ2n) is 4.76. The lowest BCUT2D eigenvalue weighted by atomic mass is 9.69. The van der Waals surface area contributed by atoms with Gasteiger partial charge < -0.3 is 5.32 Å². The summed E-state index contributed by atoms with van der Waals surface area (Å²) in [6.07, 6.45) is 2.09. The van der Waals surface area contributed by atoms with Crippen molar-refractivity contribution < 1.29 is 9.18 Å². The predicted molar refractivity (Wildman–Crippen MR) is 64.9 cm³/mol. The van der Waals surface area contributed by atoms with Crippen LogP contribution >= 0.6 is 0 Å². The maximum absolute atomic E-state index is 13.5. The molecule has 94 valence electrons. The molecule has 4 heteroatoms. The van der Waals surface area contributed by atoms with Crippen molar-refractivity contribution in [2.24, 2.45) is 5.41 Å². The molecule has 1 aromatic carbocycles. The summed E-state index contributed by atoms with van der Waals surface area (Å²) in [4.78, 5) is 12.0. The maximum atomic E-state index is 13.5. The number of nitrogens with zero attached hydrogens (tertiary/aromatic N) is 1. The average Bonchev–Trinajstić information content (AvgIpc) is 2.28. The van der Waals surface area contributed by atoms with Crippen LogP contribution < -0.4 is 5.32 Å². The van der Waals surface area contributed by atoms with Gasteiger partial charge in [-0.1, -0.05) is 18.2 Å². The first-order valence-corrected chi connectivity index (χ1v) is 6.06. The van der Waals surface area contributed by atoms with Crippen LogP contribution in [0, 0.1) is 22.6 Å². The van der Waals surface area contributed by atoms with Gasteiger partial charge >= 0.3 is 0 Å². The molecule has 1 amide bonds. The van der Waals surface area contributed by atoms with E-state index in [1.165, 1.54) is 6.07 Å². The van der Waals surface area contributed by atoms with E-state index in [9.17, 15) is 9.18 Å². The number of rotatable bonds is 3. The summed E-state index contributed by atoms with van der Waals surface area (Å²) in [7, 11) is 0. The average molecular weight is 246 g/mol. The summed E-state index contributed by atoms with van der Waals surface area (Å²) < 4.78 is 13.5. The number of nitrogens with one attached hydrogen (secondary N) is 1. The van der Waals surface area contributed by atoms with Gasteiger partial charge in [0.25, 0.3) is 0 Å². The topological polar surface area (TPSA) is 52.9 Å². The minimum atomic E-state index is -0.889. The molecule has 1 fully saturated rings. The molecule has 0 heterocycles. The Balaban J connectivity index is 2.09. The van der Waals surface area contributed by atoms with E-state index in [1.807, 2.05) is 0 Å². The van der Waals surface area contributed by atoms with Gasteiger partial charge in [0.15, 0.2) is 0 Å². The summed E-state index contributed by atoms with van der Waals surface area (Å²) in [5.74, 6) is -0.628. The van der Waals surface area contributed by atoms with Crippen LogP contribution in [0.3, 0.4) is 0 Å². The molecule has 0 saturated heterocycles. The van der Waals surface area contributed by atoms with Crippen LogP contribution in [0.4, 0.5) is 4.39 Å². The van der Waals surface area contributed by atoms with Crippen LogP contribution in [0.2, 0.25) is 0 Å². The number of nitriles is 1. The third kappa shape index (κ3) is 2.08. The number of halogens is 1. The Hall–Kier alpha value is -1.89. The highest BCUT2D eigenvalue weighted by Gasteiger charge is 2.45. The van der Waals surface area contributed by atoms with Gasteiger partial charge in [-0.15, -0.1) is 0 Å². The second-order valence-corrected chi connectivity index (χ2v) is 4.76. The van der Waals surface area contributed by atoms with Crippen LogP contribution in [0.25, 0.3) is 0 Å². The molecule has 1 aliphatic carbocycles. The third-order valence-electron chi connectivity index (χ3n) is 3.58. The van der Waals surface area contributed by atoms with E-state index in [4.69, 9.17) is 5.26 Å². The Morgan fingerprint density at radius 1 is 1.50 bits per heavy atom. The number of benzene rings is 1. The zero-order valence-electron chi connectivity index (χ0n) is 10.2. The lowest BCUT2D eigenvalue weighted by Crippen LogP contribution is -2.45. The SMILES string of the molecule is CC(NC(=O)C1(C#N)CCC1)c1ccccc1F. The van der Waals surface area contributed by atoms with E-state index in [0.717, 1.165) is 6.42 Å². The molecule has 1 unspecified atom stereocenters. The van der Waals surface area contributed by atoms with E-state index in [0.29, 0.717) is 18.4 Å². The van der Waals surface area contributed by atoms with Gasteiger partial charge in [0.05, 0.1) is 12.1 Å². The molecule has 0 radical (unpaired) electrons. The Bertz CT molecular complexity index is 503. The zero-order valence-corrected chi connectivity index (χ0v) is 10.2. The van der Waals surface area contributed by atoms with Gasteiger partial charge in [-0.2, -0.15) is 5.26 Å². The summed E-state index contributed by atoms with van der Waals surface area (Å²) >= 11 is 0. The van der Waals surface area contributed by atoms with E-state index in [1.54, 1.807) is 25.1 Å².